The van der Waals surface area contributed by atoms with Crippen LogP contribution in [0.3, 0.4) is 0 Å². The van der Waals surface area contributed by atoms with Crippen LogP contribution >= 0.6 is 0 Å². The van der Waals surface area contributed by atoms with E-state index in [0.717, 1.165) is 48.3 Å². The van der Waals surface area contributed by atoms with Crippen molar-refractivity contribution < 1.29 is 4.74 Å². The number of nitrogens with zero attached hydrogens (tertiary/aromatic N) is 2. The van der Waals surface area contributed by atoms with Gasteiger partial charge in [0.1, 0.15) is 0 Å². The van der Waals surface area contributed by atoms with Crippen molar-refractivity contribution in [3.8, 4) is 0 Å². The van der Waals surface area contributed by atoms with Gasteiger partial charge in [0.2, 0.25) is 0 Å². The summed E-state index contributed by atoms with van der Waals surface area (Å²) in [4.78, 5) is 9.08. The maximum absolute atomic E-state index is 5.43. The van der Waals surface area contributed by atoms with Gasteiger partial charge in [0.15, 0.2) is 5.65 Å². The zero-order valence-corrected chi connectivity index (χ0v) is 9.94. The SMILES string of the molecule is c1cc2c(n1)nc(C1CCOCC1)c1[nH][nH]cc12. The first-order valence-electron chi connectivity index (χ1n) is 6.31. The fourth-order valence-corrected chi connectivity index (χ4v) is 2.80. The Labute approximate surface area is 104 Å². The van der Waals surface area contributed by atoms with Gasteiger partial charge in [-0.25, -0.2) is 9.97 Å². The minimum atomic E-state index is 0.467. The first-order valence-corrected chi connectivity index (χ1v) is 6.31. The van der Waals surface area contributed by atoms with E-state index >= 15 is 0 Å². The fourth-order valence-electron chi connectivity index (χ4n) is 2.80. The number of fused-ring (bicyclic) bond motifs is 3. The number of hydrogen-bond acceptors (Lipinski definition) is 3. The number of H-pyrrole nitrogens is 2. The minimum absolute atomic E-state index is 0.467. The van der Waals surface area contributed by atoms with Gasteiger partial charge in [-0.1, -0.05) is 0 Å². The van der Waals surface area contributed by atoms with Crippen molar-refractivity contribution in [2.24, 2.45) is 0 Å². The monoisotopic (exact) mass is 242 g/mol. The van der Waals surface area contributed by atoms with Crippen molar-refractivity contribution in [2.45, 2.75) is 18.8 Å². The van der Waals surface area contributed by atoms with Crippen LogP contribution in [-0.2, 0) is 4.74 Å². The maximum atomic E-state index is 5.43. The minimum Gasteiger partial charge on any atom is -0.381 e. The third-order valence-corrected chi connectivity index (χ3v) is 3.74. The first kappa shape index (κ1) is 10.1. The van der Waals surface area contributed by atoms with Gasteiger partial charge >= 0.3 is 0 Å². The highest BCUT2D eigenvalue weighted by Crippen LogP contribution is 2.32. The van der Waals surface area contributed by atoms with Gasteiger partial charge in [-0.15, -0.1) is 0 Å². The number of aromatic nitrogens is 4. The molecule has 3 aromatic heterocycles. The zero-order chi connectivity index (χ0) is 11.9. The van der Waals surface area contributed by atoms with Crippen LogP contribution in [0.2, 0.25) is 0 Å². The molecule has 0 amide bonds. The summed E-state index contributed by atoms with van der Waals surface area (Å²) in [7, 11) is 0. The topological polar surface area (TPSA) is 66.6 Å². The molecular formula is C13H14N4O. The normalized spacial score (nSPS) is 17.8. The molecule has 0 spiro atoms. The molecule has 5 nitrogen and oxygen atoms in total. The number of ether oxygens (including phenoxy) is 1. The van der Waals surface area contributed by atoms with Crippen molar-refractivity contribution in [3.63, 3.8) is 0 Å². The smallest absolute Gasteiger partial charge is 0.160 e. The van der Waals surface area contributed by atoms with Crippen molar-refractivity contribution in [1.29, 1.82) is 0 Å². The molecule has 1 aliphatic rings. The lowest BCUT2D eigenvalue weighted by Crippen LogP contribution is -2.15. The van der Waals surface area contributed by atoms with Crippen LogP contribution in [0.15, 0.2) is 18.5 Å². The van der Waals surface area contributed by atoms with E-state index in [9.17, 15) is 0 Å². The van der Waals surface area contributed by atoms with Crippen molar-refractivity contribution in [2.75, 3.05) is 13.2 Å². The van der Waals surface area contributed by atoms with Gasteiger partial charge in [-0.3, -0.25) is 5.10 Å². The maximum Gasteiger partial charge on any atom is 0.160 e. The van der Waals surface area contributed by atoms with E-state index in [-0.39, 0.29) is 0 Å². The molecule has 3 aromatic rings. The summed E-state index contributed by atoms with van der Waals surface area (Å²) < 4.78 is 5.43. The molecule has 1 saturated heterocycles. The highest BCUT2D eigenvalue weighted by molar-refractivity contribution is 6.04. The third kappa shape index (κ3) is 1.37. The van der Waals surface area contributed by atoms with Crippen molar-refractivity contribution in [3.05, 3.63) is 24.2 Å². The molecule has 18 heavy (non-hydrogen) atoms. The number of nitrogens with one attached hydrogen (secondary N) is 2. The van der Waals surface area contributed by atoms with E-state index in [2.05, 4.69) is 15.2 Å². The molecule has 4 heterocycles. The molecule has 0 aromatic carbocycles. The highest BCUT2D eigenvalue weighted by Gasteiger charge is 2.22. The predicted octanol–water partition coefficient (Wildman–Crippen LogP) is 2.33. The van der Waals surface area contributed by atoms with E-state index in [1.807, 2.05) is 18.5 Å². The van der Waals surface area contributed by atoms with E-state index in [4.69, 9.17) is 9.72 Å². The Morgan fingerprint density at radius 3 is 3.00 bits per heavy atom. The second kappa shape index (κ2) is 3.81. The second-order valence-corrected chi connectivity index (χ2v) is 4.77. The van der Waals surface area contributed by atoms with Gasteiger partial charge in [0.25, 0.3) is 0 Å². The lowest BCUT2D eigenvalue weighted by atomic mass is 9.94. The Hall–Kier alpha value is -1.88. The van der Waals surface area contributed by atoms with E-state index in [0.29, 0.717) is 5.92 Å². The molecule has 4 rings (SSSR count). The van der Waals surface area contributed by atoms with E-state index in [1.54, 1.807) is 0 Å². The van der Waals surface area contributed by atoms with Gasteiger partial charge in [-0.2, -0.15) is 0 Å². The average molecular weight is 242 g/mol. The molecule has 1 aliphatic heterocycles. The Morgan fingerprint density at radius 2 is 2.11 bits per heavy atom. The number of pyridine rings is 1. The Balaban J connectivity index is 1.97. The van der Waals surface area contributed by atoms with Crippen molar-refractivity contribution >= 4 is 21.9 Å². The quantitative estimate of drug-likeness (QED) is 0.688. The molecule has 1 fully saturated rings. The molecule has 5 heteroatoms. The molecule has 0 atom stereocenters. The van der Waals surface area contributed by atoms with Gasteiger partial charge in [-0.05, 0) is 18.9 Å². The van der Waals surface area contributed by atoms with Crippen LogP contribution in [0.1, 0.15) is 24.5 Å². The standard InChI is InChI=1S/C13H14N4O/c1-4-14-13-9(1)10-7-15-17-12(10)11(16-13)8-2-5-18-6-3-8/h1,4,7-8,15,17H,2-3,5-6H2. The Morgan fingerprint density at radius 1 is 1.22 bits per heavy atom. The lowest BCUT2D eigenvalue weighted by molar-refractivity contribution is 0.0848. The van der Waals surface area contributed by atoms with Crippen LogP contribution < -0.4 is 0 Å². The van der Waals surface area contributed by atoms with E-state index in [1.165, 1.54) is 5.39 Å². The summed E-state index contributed by atoms with van der Waals surface area (Å²) >= 11 is 0. The van der Waals surface area contributed by atoms with Crippen molar-refractivity contribution in [1.82, 2.24) is 20.2 Å². The highest BCUT2D eigenvalue weighted by atomic mass is 16.5. The molecule has 92 valence electrons. The molecule has 0 saturated carbocycles. The van der Waals surface area contributed by atoms with Gasteiger partial charge < -0.3 is 9.84 Å². The summed E-state index contributed by atoms with van der Waals surface area (Å²) in [6.45, 7) is 1.65. The van der Waals surface area contributed by atoms with Crippen LogP contribution in [0.5, 0.6) is 0 Å². The largest absolute Gasteiger partial charge is 0.381 e. The summed E-state index contributed by atoms with van der Waals surface area (Å²) in [6.07, 6.45) is 5.88. The predicted molar refractivity (Wildman–Crippen MR) is 68.5 cm³/mol. The second-order valence-electron chi connectivity index (χ2n) is 4.77. The zero-order valence-electron chi connectivity index (χ0n) is 9.94. The molecule has 0 unspecified atom stereocenters. The number of aromatic amines is 2. The average Bonchev–Trinajstić information content (AvgIpc) is 3.06. The Bertz CT molecular complexity index is 693. The fraction of sp³-hybridized carbons (Fsp3) is 0.385. The number of rotatable bonds is 1. The van der Waals surface area contributed by atoms with Crippen LogP contribution in [0.25, 0.3) is 21.9 Å². The third-order valence-electron chi connectivity index (χ3n) is 3.74. The summed E-state index contributed by atoms with van der Waals surface area (Å²) in [5.41, 5.74) is 3.08. The van der Waals surface area contributed by atoms with E-state index < -0.39 is 0 Å². The molecule has 0 radical (unpaired) electrons. The van der Waals surface area contributed by atoms with Crippen LogP contribution in [0, 0.1) is 0 Å². The number of hydrogen-bond donors (Lipinski definition) is 2. The van der Waals surface area contributed by atoms with Crippen LogP contribution in [-0.4, -0.2) is 33.4 Å². The first-order chi connectivity index (χ1) is 8.93. The summed E-state index contributed by atoms with van der Waals surface area (Å²) in [6, 6.07) is 2.01. The molecule has 0 bridgehead atoms. The molecule has 0 aliphatic carbocycles. The van der Waals surface area contributed by atoms with Crippen LogP contribution in [0.4, 0.5) is 0 Å². The molecular weight excluding hydrogens is 228 g/mol. The lowest BCUT2D eigenvalue weighted by Gasteiger charge is -2.21. The Kier molecular flexibility index (Phi) is 2.14. The van der Waals surface area contributed by atoms with Gasteiger partial charge in [0, 0.05) is 42.3 Å². The van der Waals surface area contributed by atoms with Gasteiger partial charge in [0.05, 0.1) is 11.2 Å². The summed E-state index contributed by atoms with van der Waals surface area (Å²) in [5, 5.41) is 8.58. The molecule has 2 N–H and O–H groups in total. The summed E-state index contributed by atoms with van der Waals surface area (Å²) in [5.74, 6) is 0.467.